The zero-order chi connectivity index (χ0) is 12.3. The summed E-state index contributed by atoms with van der Waals surface area (Å²) in [5.41, 5.74) is 0. The lowest BCUT2D eigenvalue weighted by molar-refractivity contribution is 0.520. The van der Waals surface area contributed by atoms with E-state index in [0.717, 1.165) is 19.4 Å². The topological polar surface area (TPSA) is 35.8 Å². The van der Waals surface area contributed by atoms with Gasteiger partial charge in [-0.15, -0.1) is 11.3 Å². The molecule has 2 nitrogen and oxygen atoms in total. The molecule has 0 saturated heterocycles. The first kappa shape index (κ1) is 14.2. The van der Waals surface area contributed by atoms with E-state index in [-0.39, 0.29) is 6.04 Å². The van der Waals surface area contributed by atoms with Crippen molar-refractivity contribution in [2.24, 2.45) is 0 Å². The third kappa shape index (κ3) is 6.45. The van der Waals surface area contributed by atoms with Gasteiger partial charge in [0.05, 0.1) is 12.1 Å². The number of nitrogens with one attached hydrogen (secondary N) is 1. The van der Waals surface area contributed by atoms with Gasteiger partial charge in [-0.05, 0) is 17.9 Å². The highest BCUT2D eigenvalue weighted by molar-refractivity contribution is 7.09. The van der Waals surface area contributed by atoms with Crippen molar-refractivity contribution in [3.63, 3.8) is 0 Å². The monoisotopic (exact) mass is 250 g/mol. The highest BCUT2D eigenvalue weighted by atomic mass is 32.1. The zero-order valence-corrected chi connectivity index (χ0v) is 11.4. The van der Waals surface area contributed by atoms with Crippen molar-refractivity contribution in [3.8, 4) is 6.07 Å². The predicted octanol–water partition coefficient (Wildman–Crippen LogP) is 4.09. The van der Waals surface area contributed by atoms with Crippen LogP contribution in [0.4, 0.5) is 0 Å². The van der Waals surface area contributed by atoms with Crippen LogP contribution in [-0.2, 0) is 6.54 Å². The second kappa shape index (κ2) is 9.21. The molecule has 1 unspecified atom stereocenters. The lowest BCUT2D eigenvalue weighted by Crippen LogP contribution is -2.26. The van der Waals surface area contributed by atoms with Crippen LogP contribution in [0.1, 0.15) is 50.3 Å². The Morgan fingerprint density at radius 3 is 2.82 bits per heavy atom. The largest absolute Gasteiger partial charge is 0.297 e. The van der Waals surface area contributed by atoms with Gasteiger partial charge in [0.25, 0.3) is 0 Å². The third-order valence-electron chi connectivity index (χ3n) is 2.85. The van der Waals surface area contributed by atoms with E-state index in [4.69, 9.17) is 5.26 Å². The first-order valence-corrected chi connectivity index (χ1v) is 7.40. The van der Waals surface area contributed by atoms with Crippen molar-refractivity contribution >= 4 is 11.3 Å². The number of rotatable bonds is 9. The van der Waals surface area contributed by atoms with Crippen LogP contribution in [0, 0.1) is 11.3 Å². The summed E-state index contributed by atoms with van der Waals surface area (Å²) >= 11 is 1.74. The van der Waals surface area contributed by atoms with Crippen LogP contribution >= 0.6 is 11.3 Å². The highest BCUT2D eigenvalue weighted by Gasteiger charge is 2.06. The summed E-state index contributed by atoms with van der Waals surface area (Å²) in [5, 5.41) is 14.4. The van der Waals surface area contributed by atoms with Crippen LogP contribution in [0.25, 0.3) is 0 Å². The number of thiophene rings is 1. The molecule has 3 heteroatoms. The van der Waals surface area contributed by atoms with Crippen LogP contribution in [0.3, 0.4) is 0 Å². The first-order valence-electron chi connectivity index (χ1n) is 6.52. The number of hydrogen-bond acceptors (Lipinski definition) is 3. The molecule has 1 aromatic rings. The van der Waals surface area contributed by atoms with Crippen molar-refractivity contribution < 1.29 is 0 Å². The molecule has 0 radical (unpaired) electrons. The van der Waals surface area contributed by atoms with Crippen molar-refractivity contribution in [2.45, 2.75) is 58.0 Å². The van der Waals surface area contributed by atoms with E-state index >= 15 is 0 Å². The highest BCUT2D eigenvalue weighted by Crippen LogP contribution is 2.10. The standard InChI is InChI=1S/C14H22N2S/c1-2-3-4-5-6-8-13(11-15)16-12-14-9-7-10-17-14/h7,9-10,13,16H,2-6,8,12H2,1H3. The van der Waals surface area contributed by atoms with Crippen LogP contribution in [0.5, 0.6) is 0 Å². The SMILES string of the molecule is CCCCCCCC(C#N)NCc1cccs1. The fraction of sp³-hybridized carbons (Fsp3) is 0.643. The Morgan fingerprint density at radius 2 is 2.18 bits per heavy atom. The molecule has 1 heterocycles. The van der Waals surface area contributed by atoms with E-state index < -0.39 is 0 Å². The molecule has 94 valence electrons. The smallest absolute Gasteiger partial charge is 0.0955 e. The Kier molecular flexibility index (Phi) is 7.70. The molecular weight excluding hydrogens is 228 g/mol. The Balaban J connectivity index is 2.10. The summed E-state index contributed by atoms with van der Waals surface area (Å²) in [6.45, 7) is 3.05. The Labute approximate surface area is 109 Å². The van der Waals surface area contributed by atoms with Crippen molar-refractivity contribution in [2.75, 3.05) is 0 Å². The maximum atomic E-state index is 9.05. The molecular formula is C14H22N2S. The van der Waals surface area contributed by atoms with Crippen LogP contribution in [0.2, 0.25) is 0 Å². The Hall–Kier alpha value is -0.850. The van der Waals surface area contributed by atoms with Crippen molar-refractivity contribution in [1.82, 2.24) is 5.32 Å². The van der Waals surface area contributed by atoms with E-state index in [1.165, 1.54) is 30.6 Å². The zero-order valence-electron chi connectivity index (χ0n) is 10.6. The van der Waals surface area contributed by atoms with Crippen LogP contribution in [-0.4, -0.2) is 6.04 Å². The van der Waals surface area contributed by atoms with Gasteiger partial charge >= 0.3 is 0 Å². The molecule has 17 heavy (non-hydrogen) atoms. The van der Waals surface area contributed by atoms with E-state index in [1.807, 2.05) is 6.07 Å². The molecule has 0 saturated carbocycles. The summed E-state index contributed by atoms with van der Waals surface area (Å²) in [7, 11) is 0. The van der Waals surface area contributed by atoms with E-state index in [0.29, 0.717) is 0 Å². The molecule has 0 aliphatic carbocycles. The van der Waals surface area contributed by atoms with Gasteiger partial charge in [0.15, 0.2) is 0 Å². The molecule has 0 aliphatic heterocycles. The van der Waals surface area contributed by atoms with Crippen LogP contribution in [0.15, 0.2) is 17.5 Å². The number of nitrogens with zero attached hydrogens (tertiary/aromatic N) is 1. The Morgan fingerprint density at radius 1 is 1.35 bits per heavy atom. The average molecular weight is 250 g/mol. The molecule has 0 aliphatic rings. The lowest BCUT2D eigenvalue weighted by Gasteiger charge is -2.10. The quantitative estimate of drug-likeness (QED) is 0.670. The van der Waals surface area contributed by atoms with E-state index in [9.17, 15) is 0 Å². The van der Waals surface area contributed by atoms with Gasteiger partial charge < -0.3 is 0 Å². The predicted molar refractivity (Wildman–Crippen MR) is 73.9 cm³/mol. The Bertz CT molecular complexity index is 313. The fourth-order valence-electron chi connectivity index (χ4n) is 1.80. The van der Waals surface area contributed by atoms with Gasteiger partial charge in [-0.25, -0.2) is 0 Å². The van der Waals surface area contributed by atoms with Gasteiger partial charge in [0.2, 0.25) is 0 Å². The molecule has 1 atom stereocenters. The lowest BCUT2D eigenvalue weighted by atomic mass is 10.1. The number of hydrogen-bond donors (Lipinski definition) is 1. The summed E-state index contributed by atoms with van der Waals surface area (Å²) in [6.07, 6.45) is 7.30. The minimum absolute atomic E-state index is 0.0127. The number of nitriles is 1. The molecule has 0 fully saturated rings. The molecule has 0 amide bonds. The van der Waals surface area contributed by atoms with Crippen LogP contribution < -0.4 is 5.32 Å². The second-order valence-corrected chi connectivity index (χ2v) is 5.38. The second-order valence-electron chi connectivity index (χ2n) is 4.34. The van der Waals surface area contributed by atoms with Gasteiger partial charge in [0.1, 0.15) is 0 Å². The van der Waals surface area contributed by atoms with Gasteiger partial charge in [0, 0.05) is 11.4 Å². The molecule has 1 rings (SSSR count). The van der Waals surface area contributed by atoms with Gasteiger partial charge in [-0.1, -0.05) is 45.1 Å². The number of unbranched alkanes of at least 4 members (excludes halogenated alkanes) is 4. The molecule has 0 bridgehead atoms. The minimum Gasteiger partial charge on any atom is -0.297 e. The fourth-order valence-corrected chi connectivity index (χ4v) is 2.46. The molecule has 0 spiro atoms. The summed E-state index contributed by atoms with van der Waals surface area (Å²) in [4.78, 5) is 1.30. The first-order chi connectivity index (χ1) is 8.36. The third-order valence-corrected chi connectivity index (χ3v) is 3.73. The molecule has 1 aromatic heterocycles. The minimum atomic E-state index is 0.0127. The summed E-state index contributed by atoms with van der Waals surface area (Å²) < 4.78 is 0. The van der Waals surface area contributed by atoms with Gasteiger partial charge in [-0.2, -0.15) is 5.26 Å². The molecule has 1 N–H and O–H groups in total. The molecule has 0 aromatic carbocycles. The van der Waals surface area contributed by atoms with Gasteiger partial charge in [-0.3, -0.25) is 5.32 Å². The maximum absolute atomic E-state index is 9.05. The summed E-state index contributed by atoms with van der Waals surface area (Å²) in [5.74, 6) is 0. The van der Waals surface area contributed by atoms with Crippen molar-refractivity contribution in [1.29, 1.82) is 5.26 Å². The normalized spacial score (nSPS) is 12.2. The maximum Gasteiger partial charge on any atom is 0.0955 e. The van der Waals surface area contributed by atoms with E-state index in [1.54, 1.807) is 11.3 Å². The average Bonchev–Trinajstić information content (AvgIpc) is 2.86. The van der Waals surface area contributed by atoms with Crippen molar-refractivity contribution in [3.05, 3.63) is 22.4 Å². The summed E-state index contributed by atoms with van der Waals surface area (Å²) in [6, 6.07) is 6.52. The van der Waals surface area contributed by atoms with E-state index in [2.05, 4.69) is 29.8 Å².